The molecule has 2 aliphatic heterocycles. The molecule has 4 nitrogen and oxygen atoms in total. The van der Waals surface area contributed by atoms with Crippen molar-refractivity contribution in [3.05, 3.63) is 18.2 Å². The van der Waals surface area contributed by atoms with Crippen molar-refractivity contribution in [3.63, 3.8) is 0 Å². The van der Waals surface area contributed by atoms with Crippen molar-refractivity contribution < 1.29 is 9.47 Å². The van der Waals surface area contributed by atoms with Gasteiger partial charge in [-0.1, -0.05) is 0 Å². The smallest absolute Gasteiger partial charge is 0.231 e. The van der Waals surface area contributed by atoms with Crippen LogP contribution in [0.4, 0.5) is 5.69 Å². The molecule has 1 unspecified atom stereocenters. The number of nitrogens with one attached hydrogen (secondary N) is 1. The lowest BCUT2D eigenvalue weighted by atomic mass is 10.0. The van der Waals surface area contributed by atoms with Gasteiger partial charge in [0.1, 0.15) is 0 Å². The predicted molar refractivity (Wildman–Crippen MR) is 76.1 cm³/mol. The average Bonchev–Trinajstić information content (AvgIpc) is 2.78. The second-order valence-electron chi connectivity index (χ2n) is 6.07. The predicted octanol–water partition coefficient (Wildman–Crippen LogP) is 2.38. The van der Waals surface area contributed by atoms with Gasteiger partial charge in [-0.15, -0.1) is 0 Å². The van der Waals surface area contributed by atoms with Gasteiger partial charge >= 0.3 is 0 Å². The van der Waals surface area contributed by atoms with Gasteiger partial charge in [0.25, 0.3) is 0 Å². The molecule has 0 spiro atoms. The van der Waals surface area contributed by atoms with Gasteiger partial charge < -0.3 is 19.7 Å². The van der Waals surface area contributed by atoms with Gasteiger partial charge in [0, 0.05) is 36.4 Å². The molecule has 0 radical (unpaired) electrons. The number of anilines is 1. The van der Waals surface area contributed by atoms with E-state index in [-0.39, 0.29) is 5.54 Å². The third-order valence-corrected chi connectivity index (χ3v) is 4.07. The molecule has 1 fully saturated rings. The molecule has 0 aromatic heterocycles. The third-order valence-electron chi connectivity index (χ3n) is 4.07. The molecule has 1 aromatic carbocycles. The summed E-state index contributed by atoms with van der Waals surface area (Å²) in [5.74, 6) is 1.71. The summed E-state index contributed by atoms with van der Waals surface area (Å²) < 4.78 is 10.9. The van der Waals surface area contributed by atoms with Crippen molar-refractivity contribution in [3.8, 4) is 11.5 Å². The van der Waals surface area contributed by atoms with E-state index in [2.05, 4.69) is 43.1 Å². The zero-order chi connectivity index (χ0) is 13.5. The highest BCUT2D eigenvalue weighted by atomic mass is 16.7. The minimum atomic E-state index is 0.0957. The van der Waals surface area contributed by atoms with Gasteiger partial charge in [0.2, 0.25) is 6.79 Å². The summed E-state index contributed by atoms with van der Waals surface area (Å²) in [5, 5.41) is 3.59. The Kier molecular flexibility index (Phi) is 3.05. The van der Waals surface area contributed by atoms with Crippen molar-refractivity contribution in [2.24, 2.45) is 0 Å². The van der Waals surface area contributed by atoms with Crippen LogP contribution in [0, 0.1) is 0 Å². The van der Waals surface area contributed by atoms with Crippen LogP contribution in [0.2, 0.25) is 0 Å². The molecule has 1 aromatic rings. The molecule has 1 atom stereocenters. The topological polar surface area (TPSA) is 33.7 Å². The summed E-state index contributed by atoms with van der Waals surface area (Å²) in [4.78, 5) is 2.46. The van der Waals surface area contributed by atoms with Gasteiger partial charge in [-0.05, 0) is 39.3 Å². The first-order valence-electron chi connectivity index (χ1n) is 6.97. The van der Waals surface area contributed by atoms with Crippen LogP contribution in [0.25, 0.3) is 0 Å². The highest BCUT2D eigenvalue weighted by Gasteiger charge is 2.31. The van der Waals surface area contributed by atoms with Crippen LogP contribution in [0.5, 0.6) is 11.5 Å². The summed E-state index contributed by atoms with van der Waals surface area (Å²) in [7, 11) is 0. The van der Waals surface area contributed by atoms with Crippen LogP contribution in [0.3, 0.4) is 0 Å². The van der Waals surface area contributed by atoms with Crippen LogP contribution in [-0.2, 0) is 0 Å². The molecule has 104 valence electrons. The van der Waals surface area contributed by atoms with E-state index in [9.17, 15) is 0 Å². The van der Waals surface area contributed by atoms with Gasteiger partial charge in [-0.3, -0.25) is 0 Å². The number of fused-ring (bicyclic) bond motifs is 1. The molecule has 0 saturated carbocycles. The van der Waals surface area contributed by atoms with Crippen LogP contribution >= 0.6 is 0 Å². The standard InChI is InChI=1S/C15H22N2O2/c1-11-6-7-17(15(2,3)9-16-11)12-4-5-13-14(8-12)19-10-18-13/h4-5,8,11,16H,6-7,9-10H2,1-3H3. The first-order valence-corrected chi connectivity index (χ1v) is 6.97. The number of hydrogen-bond acceptors (Lipinski definition) is 4. The van der Waals surface area contributed by atoms with E-state index < -0.39 is 0 Å². The number of benzene rings is 1. The van der Waals surface area contributed by atoms with Crippen LogP contribution < -0.4 is 19.7 Å². The number of nitrogens with zero attached hydrogens (tertiary/aromatic N) is 1. The fraction of sp³-hybridized carbons (Fsp3) is 0.600. The molecule has 2 heterocycles. The van der Waals surface area contributed by atoms with Crippen LogP contribution in [0.1, 0.15) is 27.2 Å². The minimum Gasteiger partial charge on any atom is -0.454 e. The molecule has 19 heavy (non-hydrogen) atoms. The van der Waals surface area contributed by atoms with E-state index in [1.54, 1.807) is 0 Å². The van der Waals surface area contributed by atoms with Crippen molar-refractivity contribution >= 4 is 5.69 Å². The van der Waals surface area contributed by atoms with Gasteiger partial charge in [0.15, 0.2) is 11.5 Å². The molecule has 0 aliphatic carbocycles. The lowest BCUT2D eigenvalue weighted by Gasteiger charge is -2.39. The highest BCUT2D eigenvalue weighted by Crippen LogP contribution is 2.37. The van der Waals surface area contributed by atoms with E-state index in [1.165, 1.54) is 5.69 Å². The monoisotopic (exact) mass is 262 g/mol. The lowest BCUT2D eigenvalue weighted by Crippen LogP contribution is -2.49. The molecular formula is C15H22N2O2. The van der Waals surface area contributed by atoms with E-state index in [4.69, 9.17) is 9.47 Å². The Labute approximate surface area is 114 Å². The normalized spacial score (nSPS) is 25.2. The fourth-order valence-electron chi connectivity index (χ4n) is 2.78. The fourth-order valence-corrected chi connectivity index (χ4v) is 2.78. The number of ether oxygens (including phenoxy) is 2. The Morgan fingerprint density at radius 2 is 2.05 bits per heavy atom. The van der Waals surface area contributed by atoms with Crippen molar-refractivity contribution in [2.75, 3.05) is 24.8 Å². The molecule has 2 aliphatic rings. The first kappa shape index (κ1) is 12.6. The van der Waals surface area contributed by atoms with Crippen LogP contribution in [-0.4, -0.2) is 31.5 Å². The van der Waals surface area contributed by atoms with E-state index in [0.29, 0.717) is 12.8 Å². The summed E-state index contributed by atoms with van der Waals surface area (Å²) in [6.45, 7) is 9.19. The summed E-state index contributed by atoms with van der Waals surface area (Å²) >= 11 is 0. The Hall–Kier alpha value is -1.42. The van der Waals surface area contributed by atoms with E-state index >= 15 is 0 Å². The zero-order valence-electron chi connectivity index (χ0n) is 11.9. The van der Waals surface area contributed by atoms with Crippen molar-refractivity contribution in [1.29, 1.82) is 0 Å². The first-order chi connectivity index (χ1) is 9.06. The van der Waals surface area contributed by atoms with Crippen LogP contribution in [0.15, 0.2) is 18.2 Å². The largest absolute Gasteiger partial charge is 0.454 e. The Morgan fingerprint density at radius 3 is 2.89 bits per heavy atom. The van der Waals surface area contributed by atoms with Gasteiger partial charge in [0.05, 0.1) is 0 Å². The second kappa shape index (κ2) is 4.60. The Morgan fingerprint density at radius 1 is 1.26 bits per heavy atom. The van der Waals surface area contributed by atoms with Crippen molar-refractivity contribution in [2.45, 2.75) is 38.8 Å². The van der Waals surface area contributed by atoms with Gasteiger partial charge in [-0.2, -0.15) is 0 Å². The summed E-state index contributed by atoms with van der Waals surface area (Å²) in [5.41, 5.74) is 1.31. The maximum atomic E-state index is 5.49. The third kappa shape index (κ3) is 2.37. The number of rotatable bonds is 1. The average molecular weight is 262 g/mol. The molecule has 0 bridgehead atoms. The molecular weight excluding hydrogens is 240 g/mol. The lowest BCUT2D eigenvalue weighted by molar-refractivity contribution is 0.174. The Bertz CT molecular complexity index is 473. The van der Waals surface area contributed by atoms with Gasteiger partial charge in [-0.25, -0.2) is 0 Å². The molecule has 0 amide bonds. The SMILES string of the molecule is CC1CCN(c2ccc3c(c2)OCO3)C(C)(C)CN1. The maximum absolute atomic E-state index is 5.49. The molecule has 1 N–H and O–H groups in total. The number of hydrogen-bond donors (Lipinski definition) is 1. The zero-order valence-corrected chi connectivity index (χ0v) is 11.9. The minimum absolute atomic E-state index is 0.0957. The highest BCUT2D eigenvalue weighted by molar-refractivity contribution is 5.58. The van der Waals surface area contributed by atoms with E-state index in [0.717, 1.165) is 31.0 Å². The quantitative estimate of drug-likeness (QED) is 0.842. The molecule has 1 saturated heterocycles. The Balaban J connectivity index is 1.91. The van der Waals surface area contributed by atoms with E-state index in [1.807, 2.05) is 6.07 Å². The van der Waals surface area contributed by atoms with Crippen molar-refractivity contribution in [1.82, 2.24) is 5.32 Å². The second-order valence-corrected chi connectivity index (χ2v) is 6.07. The molecule has 3 rings (SSSR count). The summed E-state index contributed by atoms with van der Waals surface area (Å²) in [6.07, 6.45) is 1.15. The summed E-state index contributed by atoms with van der Waals surface area (Å²) in [6, 6.07) is 6.80. The molecule has 4 heteroatoms. The maximum Gasteiger partial charge on any atom is 0.231 e.